The van der Waals surface area contributed by atoms with Gasteiger partial charge in [0.15, 0.2) is 0 Å². The number of thioether (sulfide) groups is 1. The first-order chi connectivity index (χ1) is 8.88. The van der Waals surface area contributed by atoms with Gasteiger partial charge in [0.1, 0.15) is 0 Å². The van der Waals surface area contributed by atoms with Crippen molar-refractivity contribution in [3.05, 3.63) is 22.7 Å². The number of benzene rings is 1. The summed E-state index contributed by atoms with van der Waals surface area (Å²) < 4.78 is 23.3. The van der Waals surface area contributed by atoms with Crippen molar-refractivity contribution in [2.24, 2.45) is 5.14 Å². The minimum atomic E-state index is -3.65. The van der Waals surface area contributed by atoms with Crippen molar-refractivity contribution in [1.29, 1.82) is 0 Å². The van der Waals surface area contributed by atoms with Crippen molar-refractivity contribution >= 4 is 43.4 Å². The van der Waals surface area contributed by atoms with E-state index >= 15 is 0 Å². The average Bonchev–Trinajstić information content (AvgIpc) is 2.33. The molecule has 2 rings (SSSR count). The number of anilines is 1. The smallest absolute Gasteiger partial charge is 0.238 e. The first-order valence-electron chi connectivity index (χ1n) is 6.08. The summed E-state index contributed by atoms with van der Waals surface area (Å²) >= 11 is 5.36. The monoisotopic (exact) mass is 364 g/mol. The lowest BCUT2D eigenvalue weighted by Gasteiger charge is -2.30. The highest BCUT2D eigenvalue weighted by atomic mass is 79.9. The first kappa shape index (κ1) is 15.2. The molecule has 1 aliphatic heterocycles. The second-order valence-electron chi connectivity index (χ2n) is 4.66. The summed E-state index contributed by atoms with van der Waals surface area (Å²) in [5.41, 5.74) is 0.909. The lowest BCUT2D eigenvalue weighted by atomic mass is 10.1. The molecule has 0 aliphatic carbocycles. The molecule has 1 fully saturated rings. The fourth-order valence-corrected chi connectivity index (χ4v) is 4.43. The highest BCUT2D eigenvalue weighted by molar-refractivity contribution is 9.10. The van der Waals surface area contributed by atoms with Gasteiger partial charge in [-0.3, -0.25) is 0 Å². The predicted molar refractivity (Wildman–Crippen MR) is 84.1 cm³/mol. The quantitative estimate of drug-likeness (QED) is 0.864. The summed E-state index contributed by atoms with van der Waals surface area (Å²) in [7, 11) is -3.65. The van der Waals surface area contributed by atoms with E-state index in [1.165, 1.54) is 24.3 Å². The van der Waals surface area contributed by atoms with Crippen LogP contribution in [0.1, 0.15) is 19.8 Å². The molecule has 2 unspecified atom stereocenters. The number of primary sulfonamides is 1. The van der Waals surface area contributed by atoms with Crippen molar-refractivity contribution in [2.45, 2.75) is 36.0 Å². The lowest BCUT2D eigenvalue weighted by Crippen LogP contribution is -2.32. The number of sulfonamides is 1. The fraction of sp³-hybridized carbons (Fsp3) is 0.500. The van der Waals surface area contributed by atoms with Gasteiger partial charge in [-0.25, -0.2) is 13.6 Å². The molecular weight excluding hydrogens is 348 g/mol. The van der Waals surface area contributed by atoms with Crippen molar-refractivity contribution in [2.75, 3.05) is 11.1 Å². The topological polar surface area (TPSA) is 72.2 Å². The number of nitrogens with one attached hydrogen (secondary N) is 1. The number of rotatable bonds is 3. The van der Waals surface area contributed by atoms with Crippen molar-refractivity contribution < 1.29 is 8.42 Å². The summed E-state index contributed by atoms with van der Waals surface area (Å²) in [6.07, 6.45) is 2.34. The lowest BCUT2D eigenvalue weighted by molar-refractivity contribution is 0.597. The Kier molecular flexibility index (Phi) is 4.81. The second kappa shape index (κ2) is 6.03. The maximum absolute atomic E-state index is 11.3. The summed E-state index contributed by atoms with van der Waals surface area (Å²) in [6.45, 7) is 2.22. The van der Waals surface area contributed by atoms with Crippen LogP contribution >= 0.6 is 27.7 Å². The van der Waals surface area contributed by atoms with E-state index in [4.69, 9.17) is 5.14 Å². The van der Waals surface area contributed by atoms with Gasteiger partial charge in [-0.15, -0.1) is 0 Å². The molecule has 1 saturated heterocycles. The third kappa shape index (κ3) is 3.87. The van der Waals surface area contributed by atoms with Crippen LogP contribution in [0.4, 0.5) is 5.69 Å². The van der Waals surface area contributed by atoms with E-state index < -0.39 is 10.0 Å². The molecule has 1 aromatic carbocycles. The second-order valence-corrected chi connectivity index (χ2v) is 8.56. The maximum Gasteiger partial charge on any atom is 0.238 e. The molecule has 0 spiro atoms. The molecule has 2 atom stereocenters. The number of hydrogen-bond acceptors (Lipinski definition) is 4. The van der Waals surface area contributed by atoms with Crippen molar-refractivity contribution in [3.8, 4) is 0 Å². The van der Waals surface area contributed by atoms with E-state index in [2.05, 4.69) is 28.2 Å². The van der Waals surface area contributed by atoms with Gasteiger partial charge < -0.3 is 5.32 Å². The van der Waals surface area contributed by atoms with E-state index in [1.54, 1.807) is 6.07 Å². The molecular formula is C12H17BrN2O2S2. The van der Waals surface area contributed by atoms with Gasteiger partial charge in [-0.05, 0) is 52.7 Å². The zero-order valence-corrected chi connectivity index (χ0v) is 13.8. The van der Waals surface area contributed by atoms with Crippen molar-refractivity contribution in [3.63, 3.8) is 0 Å². The fourth-order valence-electron chi connectivity index (χ4n) is 2.10. The third-order valence-corrected chi connectivity index (χ3v) is 6.16. The SMILES string of the molecule is CC1SCCCC1Nc1ccc(S(N)(=O)=O)cc1Br. The number of hydrogen-bond donors (Lipinski definition) is 2. The molecule has 7 heteroatoms. The highest BCUT2D eigenvalue weighted by Gasteiger charge is 2.22. The van der Waals surface area contributed by atoms with Crippen LogP contribution in [-0.4, -0.2) is 25.5 Å². The maximum atomic E-state index is 11.3. The Balaban J connectivity index is 2.17. The molecule has 4 nitrogen and oxygen atoms in total. The molecule has 0 bridgehead atoms. The molecule has 19 heavy (non-hydrogen) atoms. The van der Waals surface area contributed by atoms with E-state index in [9.17, 15) is 8.42 Å². The molecule has 1 heterocycles. The minimum Gasteiger partial charge on any atom is -0.380 e. The van der Waals surface area contributed by atoms with Gasteiger partial charge in [0.05, 0.1) is 4.90 Å². The Morgan fingerprint density at radius 3 is 2.79 bits per heavy atom. The average molecular weight is 365 g/mol. The van der Waals surface area contributed by atoms with Crippen LogP contribution < -0.4 is 10.5 Å². The zero-order chi connectivity index (χ0) is 14.0. The molecule has 0 aromatic heterocycles. The molecule has 1 aliphatic rings. The molecule has 0 amide bonds. The van der Waals surface area contributed by atoms with Crippen LogP contribution in [0.25, 0.3) is 0 Å². The zero-order valence-electron chi connectivity index (χ0n) is 10.6. The summed E-state index contributed by atoms with van der Waals surface area (Å²) in [6, 6.07) is 5.24. The summed E-state index contributed by atoms with van der Waals surface area (Å²) in [5.74, 6) is 1.21. The van der Waals surface area contributed by atoms with Crippen LogP contribution in [-0.2, 0) is 10.0 Å². The van der Waals surface area contributed by atoms with Crippen LogP contribution in [0.15, 0.2) is 27.6 Å². The van der Waals surface area contributed by atoms with Gasteiger partial charge >= 0.3 is 0 Å². The molecule has 0 saturated carbocycles. The largest absolute Gasteiger partial charge is 0.380 e. The first-order valence-corrected chi connectivity index (χ1v) is 9.47. The van der Waals surface area contributed by atoms with E-state index in [0.717, 1.165) is 16.6 Å². The standard InChI is InChI=1S/C12H17BrN2O2S2/c1-8-11(3-2-6-18-8)15-12-5-4-9(7-10(12)13)19(14,16)17/h4-5,7-8,11,15H,2-3,6H2,1H3,(H2,14,16,17). The van der Waals surface area contributed by atoms with Crippen LogP contribution in [0.2, 0.25) is 0 Å². The van der Waals surface area contributed by atoms with Crippen LogP contribution in [0, 0.1) is 0 Å². The molecule has 0 radical (unpaired) electrons. The molecule has 3 N–H and O–H groups in total. The Labute approximate surface area is 126 Å². The predicted octanol–water partition coefficient (Wildman–Crippen LogP) is 2.79. The van der Waals surface area contributed by atoms with Crippen LogP contribution in [0.3, 0.4) is 0 Å². The van der Waals surface area contributed by atoms with Gasteiger partial charge in [-0.1, -0.05) is 6.92 Å². The normalized spacial score (nSPS) is 24.2. The summed E-state index contributed by atoms with van der Waals surface area (Å²) in [5, 5.41) is 9.14. The Morgan fingerprint density at radius 1 is 1.47 bits per heavy atom. The van der Waals surface area contributed by atoms with Crippen molar-refractivity contribution in [1.82, 2.24) is 0 Å². The Hall–Kier alpha value is -0.240. The van der Waals surface area contributed by atoms with E-state index in [-0.39, 0.29) is 4.90 Å². The Morgan fingerprint density at radius 2 is 2.21 bits per heavy atom. The number of halogens is 1. The van der Waals surface area contributed by atoms with Gasteiger partial charge in [0.25, 0.3) is 0 Å². The minimum absolute atomic E-state index is 0.121. The molecule has 106 valence electrons. The van der Waals surface area contributed by atoms with Gasteiger partial charge in [0, 0.05) is 21.5 Å². The van der Waals surface area contributed by atoms with Crippen LogP contribution in [0.5, 0.6) is 0 Å². The third-order valence-electron chi connectivity index (χ3n) is 3.22. The Bertz CT molecular complexity index is 563. The summed E-state index contributed by atoms with van der Waals surface area (Å²) in [4.78, 5) is 0.121. The van der Waals surface area contributed by atoms with Gasteiger partial charge in [-0.2, -0.15) is 11.8 Å². The van der Waals surface area contributed by atoms with Gasteiger partial charge in [0.2, 0.25) is 10.0 Å². The van der Waals surface area contributed by atoms with E-state index in [1.807, 2.05) is 11.8 Å². The number of nitrogens with two attached hydrogens (primary N) is 1. The highest BCUT2D eigenvalue weighted by Crippen LogP contribution is 2.31. The molecule has 1 aromatic rings. The van der Waals surface area contributed by atoms with E-state index in [0.29, 0.717) is 11.3 Å².